The summed E-state index contributed by atoms with van der Waals surface area (Å²) in [5.74, 6) is 1.26. The molecule has 2 aromatic rings. The van der Waals surface area contributed by atoms with Crippen LogP contribution in [0.15, 0.2) is 54.3 Å². The van der Waals surface area contributed by atoms with Crippen LogP contribution in [0, 0.1) is 10.1 Å². The molecule has 1 aliphatic heterocycles. The van der Waals surface area contributed by atoms with Crippen LogP contribution in [0.4, 0.5) is 8.78 Å². The number of nitro groups is 1. The minimum absolute atomic E-state index is 0.0814. The number of hydrogen-bond acceptors (Lipinski definition) is 5. The van der Waals surface area contributed by atoms with E-state index in [0.29, 0.717) is 28.2 Å². The number of halogens is 2. The summed E-state index contributed by atoms with van der Waals surface area (Å²) in [6, 6.07) is 6.76. The van der Waals surface area contributed by atoms with Crippen LogP contribution in [0.3, 0.4) is 0 Å². The molecule has 0 aliphatic carbocycles. The third-order valence-corrected chi connectivity index (χ3v) is 4.23. The summed E-state index contributed by atoms with van der Waals surface area (Å²) in [6.45, 7) is 0. The number of hydrogen-bond donors (Lipinski definition) is 0. The predicted molar refractivity (Wildman–Crippen MR) is 95.9 cm³/mol. The predicted octanol–water partition coefficient (Wildman–Crippen LogP) is 4.57. The molecule has 3 rings (SSSR count). The lowest BCUT2D eigenvalue weighted by atomic mass is 9.97. The average Bonchev–Trinajstić information content (AvgIpc) is 2.69. The zero-order valence-electron chi connectivity index (χ0n) is 14.4. The molecule has 1 atom stereocenters. The van der Waals surface area contributed by atoms with Gasteiger partial charge in [0.05, 0.1) is 31.8 Å². The van der Waals surface area contributed by atoms with Crippen molar-refractivity contribution in [3.8, 4) is 17.2 Å². The highest BCUT2D eigenvalue weighted by molar-refractivity contribution is 5.96. The molecule has 0 amide bonds. The number of fused-ring (bicyclic) bond motifs is 3. The zero-order valence-corrected chi connectivity index (χ0v) is 14.4. The SMILES string of the molecule is COc1cc2ccc3c(c2cc1OC)C=C([N+](=O)[O-])C(C(=C\F)/C=C/F)O3. The van der Waals surface area contributed by atoms with Crippen LogP contribution in [0.25, 0.3) is 16.8 Å². The normalized spacial score (nSPS) is 16.7. The van der Waals surface area contributed by atoms with Crippen LogP contribution in [0.2, 0.25) is 0 Å². The van der Waals surface area contributed by atoms with Crippen molar-refractivity contribution < 1.29 is 27.9 Å². The summed E-state index contributed by atoms with van der Waals surface area (Å²) in [6.07, 6.45) is 0.884. The molecule has 6 nitrogen and oxygen atoms in total. The van der Waals surface area contributed by atoms with Gasteiger partial charge in [0.2, 0.25) is 6.10 Å². The van der Waals surface area contributed by atoms with Crippen molar-refractivity contribution in [3.63, 3.8) is 0 Å². The molecule has 1 unspecified atom stereocenters. The zero-order chi connectivity index (χ0) is 19.6. The molecule has 0 saturated heterocycles. The highest BCUT2D eigenvalue weighted by Gasteiger charge is 2.35. The first-order valence-corrected chi connectivity index (χ1v) is 7.82. The van der Waals surface area contributed by atoms with E-state index in [0.717, 1.165) is 11.5 Å². The topological polar surface area (TPSA) is 70.8 Å². The lowest BCUT2D eigenvalue weighted by Gasteiger charge is -2.24. The Morgan fingerprint density at radius 3 is 2.52 bits per heavy atom. The molecule has 0 aromatic heterocycles. The molecule has 0 radical (unpaired) electrons. The van der Waals surface area contributed by atoms with E-state index in [2.05, 4.69) is 0 Å². The molecule has 1 heterocycles. The van der Waals surface area contributed by atoms with Gasteiger partial charge in [-0.15, -0.1) is 0 Å². The van der Waals surface area contributed by atoms with E-state index < -0.39 is 16.7 Å². The lowest BCUT2D eigenvalue weighted by Crippen LogP contribution is -2.28. The Bertz CT molecular complexity index is 997. The van der Waals surface area contributed by atoms with Crippen LogP contribution in [0.5, 0.6) is 17.2 Å². The fourth-order valence-electron chi connectivity index (χ4n) is 2.96. The Kier molecular flexibility index (Phi) is 5.07. The Morgan fingerprint density at radius 1 is 1.22 bits per heavy atom. The average molecular weight is 375 g/mol. The van der Waals surface area contributed by atoms with E-state index in [1.807, 2.05) is 0 Å². The number of benzene rings is 2. The van der Waals surface area contributed by atoms with Crippen LogP contribution in [-0.2, 0) is 0 Å². The molecule has 140 valence electrons. The van der Waals surface area contributed by atoms with Crippen LogP contribution >= 0.6 is 0 Å². The summed E-state index contributed by atoms with van der Waals surface area (Å²) < 4.78 is 41.8. The molecule has 0 bridgehead atoms. The maximum absolute atomic E-state index is 13.1. The summed E-state index contributed by atoms with van der Waals surface area (Å²) >= 11 is 0. The minimum Gasteiger partial charge on any atom is -0.493 e. The van der Waals surface area contributed by atoms with Gasteiger partial charge in [0.15, 0.2) is 11.5 Å². The summed E-state index contributed by atoms with van der Waals surface area (Å²) in [5.41, 5.74) is -0.274. The van der Waals surface area contributed by atoms with E-state index in [-0.39, 0.29) is 18.2 Å². The molecule has 8 heteroatoms. The van der Waals surface area contributed by atoms with E-state index in [1.165, 1.54) is 20.3 Å². The molecule has 0 saturated carbocycles. The smallest absolute Gasteiger partial charge is 0.291 e. The molecule has 0 spiro atoms. The number of methoxy groups -OCH3 is 2. The van der Waals surface area contributed by atoms with Gasteiger partial charge in [0, 0.05) is 17.2 Å². The second-order valence-corrected chi connectivity index (χ2v) is 5.63. The number of ether oxygens (including phenoxy) is 3. The molecule has 2 aromatic carbocycles. The third kappa shape index (κ3) is 3.21. The maximum atomic E-state index is 13.1. The van der Waals surface area contributed by atoms with E-state index in [4.69, 9.17) is 14.2 Å². The van der Waals surface area contributed by atoms with Crippen molar-refractivity contribution in [1.82, 2.24) is 0 Å². The lowest BCUT2D eigenvalue weighted by molar-refractivity contribution is -0.432. The van der Waals surface area contributed by atoms with Gasteiger partial charge < -0.3 is 14.2 Å². The summed E-state index contributed by atoms with van der Waals surface area (Å²) in [7, 11) is 2.98. The summed E-state index contributed by atoms with van der Waals surface area (Å²) in [5, 5.41) is 12.9. The van der Waals surface area contributed by atoms with Crippen molar-refractivity contribution in [2.75, 3.05) is 14.2 Å². The van der Waals surface area contributed by atoms with Crippen molar-refractivity contribution in [2.24, 2.45) is 0 Å². The van der Waals surface area contributed by atoms with E-state index >= 15 is 0 Å². The first-order chi connectivity index (χ1) is 13.0. The van der Waals surface area contributed by atoms with E-state index in [1.54, 1.807) is 24.3 Å². The highest BCUT2D eigenvalue weighted by atomic mass is 19.1. The van der Waals surface area contributed by atoms with Gasteiger partial charge in [-0.05, 0) is 35.0 Å². The van der Waals surface area contributed by atoms with Gasteiger partial charge in [-0.3, -0.25) is 10.1 Å². The monoisotopic (exact) mass is 375 g/mol. The molecule has 0 fully saturated rings. The molecule has 1 aliphatic rings. The number of nitrogens with zero attached hydrogens (tertiary/aromatic N) is 1. The van der Waals surface area contributed by atoms with Crippen molar-refractivity contribution in [2.45, 2.75) is 6.10 Å². The molecular weight excluding hydrogens is 360 g/mol. The van der Waals surface area contributed by atoms with Gasteiger partial charge in [-0.1, -0.05) is 6.07 Å². The van der Waals surface area contributed by atoms with Crippen molar-refractivity contribution >= 4 is 16.8 Å². The summed E-state index contributed by atoms with van der Waals surface area (Å²) in [4.78, 5) is 10.8. The Hall–Kier alpha value is -3.42. The Balaban J connectivity index is 2.24. The Labute approximate surface area is 153 Å². The van der Waals surface area contributed by atoms with Crippen molar-refractivity contribution in [3.05, 3.63) is 69.9 Å². The first-order valence-electron chi connectivity index (χ1n) is 7.82. The van der Waals surface area contributed by atoms with Gasteiger partial charge in [0.25, 0.3) is 5.70 Å². The maximum Gasteiger partial charge on any atom is 0.291 e. The molecule has 27 heavy (non-hydrogen) atoms. The quantitative estimate of drug-likeness (QED) is 0.435. The second-order valence-electron chi connectivity index (χ2n) is 5.63. The van der Waals surface area contributed by atoms with Gasteiger partial charge in [-0.2, -0.15) is 0 Å². The van der Waals surface area contributed by atoms with Crippen molar-refractivity contribution in [1.29, 1.82) is 0 Å². The van der Waals surface area contributed by atoms with Crippen LogP contribution in [-0.4, -0.2) is 25.2 Å². The minimum atomic E-state index is -1.37. The van der Waals surface area contributed by atoms with Crippen LogP contribution in [0.1, 0.15) is 5.56 Å². The first kappa shape index (κ1) is 18.4. The fraction of sp³-hybridized carbons (Fsp3) is 0.158. The Morgan fingerprint density at radius 2 is 1.93 bits per heavy atom. The van der Waals surface area contributed by atoms with Gasteiger partial charge in [0.1, 0.15) is 5.75 Å². The fourth-order valence-corrected chi connectivity index (χ4v) is 2.96. The third-order valence-electron chi connectivity index (χ3n) is 4.23. The van der Waals surface area contributed by atoms with Crippen LogP contribution < -0.4 is 14.2 Å². The van der Waals surface area contributed by atoms with E-state index in [9.17, 15) is 18.9 Å². The standard InChI is InChI=1S/C19H15F2NO5/c1-25-17-7-11-3-4-16-14(13(11)9-18(17)26-2)8-15(22(23)24)19(27-16)12(10-21)5-6-20/h3-10,19H,1-2H3/b6-5+,12-10-. The number of rotatable bonds is 5. The largest absolute Gasteiger partial charge is 0.493 e. The highest BCUT2D eigenvalue weighted by Crippen LogP contribution is 2.41. The van der Waals surface area contributed by atoms with Gasteiger partial charge >= 0.3 is 0 Å². The van der Waals surface area contributed by atoms with Gasteiger partial charge in [-0.25, -0.2) is 8.78 Å². The molecular formula is C19H15F2NO5. The second kappa shape index (κ2) is 7.45. The molecule has 0 N–H and O–H groups in total.